The highest BCUT2D eigenvalue weighted by Gasteiger charge is 2.42. The highest BCUT2D eigenvalue weighted by Crippen LogP contribution is 2.35. The molecule has 0 aromatic rings. The molecule has 1 spiro atoms. The third-order valence-electron chi connectivity index (χ3n) is 4.55. The van der Waals surface area contributed by atoms with Crippen LogP contribution in [0, 0.1) is 0 Å². The second-order valence-corrected chi connectivity index (χ2v) is 5.95. The molecule has 0 radical (unpaired) electrons. The molecule has 2 atom stereocenters. The van der Waals surface area contributed by atoms with E-state index in [1.54, 1.807) is 0 Å². The minimum Gasteiger partial charge on any atom is -0.411 e. The average molecular weight is 269 g/mol. The van der Waals surface area contributed by atoms with Crippen molar-refractivity contribution in [2.45, 2.75) is 62.8 Å². The maximum Gasteiger partial charge on any atom is 0.0961 e. The van der Waals surface area contributed by atoms with Crippen molar-refractivity contribution in [2.75, 3.05) is 19.8 Å². The van der Waals surface area contributed by atoms with Crippen LogP contribution in [-0.2, 0) is 14.2 Å². The Morgan fingerprint density at radius 2 is 2.00 bits per heavy atom. The molecule has 2 heterocycles. The molecule has 1 N–H and O–H groups in total. The van der Waals surface area contributed by atoms with Crippen molar-refractivity contribution in [3.8, 4) is 0 Å². The Morgan fingerprint density at radius 3 is 2.68 bits per heavy atom. The van der Waals surface area contributed by atoms with Gasteiger partial charge in [0.05, 0.1) is 30.1 Å². The van der Waals surface area contributed by atoms with Crippen LogP contribution in [0.4, 0.5) is 0 Å². The molecule has 0 aromatic carbocycles. The summed E-state index contributed by atoms with van der Waals surface area (Å²) in [4.78, 5) is 0. The molecule has 0 bridgehead atoms. The minimum absolute atomic E-state index is 0.0741. The summed E-state index contributed by atoms with van der Waals surface area (Å²) in [6, 6.07) is 0. The highest BCUT2D eigenvalue weighted by atomic mass is 16.6. The normalized spacial score (nSPS) is 39.7. The first-order valence-electron chi connectivity index (χ1n) is 7.37. The first-order chi connectivity index (χ1) is 9.30. The Hall–Kier alpha value is -0.650. The van der Waals surface area contributed by atoms with E-state index in [4.69, 9.17) is 19.4 Å². The second kappa shape index (κ2) is 5.77. The van der Waals surface area contributed by atoms with Crippen molar-refractivity contribution in [3.05, 3.63) is 0 Å². The third kappa shape index (κ3) is 3.09. The van der Waals surface area contributed by atoms with Crippen molar-refractivity contribution >= 4 is 5.71 Å². The van der Waals surface area contributed by atoms with E-state index in [9.17, 15) is 0 Å². The van der Waals surface area contributed by atoms with Crippen LogP contribution < -0.4 is 0 Å². The van der Waals surface area contributed by atoms with Gasteiger partial charge in [-0.2, -0.15) is 0 Å². The van der Waals surface area contributed by atoms with Gasteiger partial charge in [0.15, 0.2) is 0 Å². The van der Waals surface area contributed by atoms with Crippen LogP contribution in [0.3, 0.4) is 0 Å². The lowest BCUT2D eigenvalue weighted by Gasteiger charge is -2.39. The van der Waals surface area contributed by atoms with Crippen molar-refractivity contribution in [3.63, 3.8) is 0 Å². The minimum atomic E-state index is -0.0741. The molecule has 2 saturated heterocycles. The summed E-state index contributed by atoms with van der Waals surface area (Å²) in [6.07, 6.45) is 7.22. The monoisotopic (exact) mass is 269 g/mol. The van der Waals surface area contributed by atoms with Crippen LogP contribution in [0.5, 0.6) is 0 Å². The first kappa shape index (κ1) is 13.3. The summed E-state index contributed by atoms with van der Waals surface area (Å²) < 4.78 is 17.6. The van der Waals surface area contributed by atoms with Crippen LogP contribution in [0.2, 0.25) is 0 Å². The SMILES string of the molecule is ON=C1CCC(OC2CCOC3(CCOC3)C2)CC1. The largest absolute Gasteiger partial charge is 0.411 e. The quantitative estimate of drug-likeness (QED) is 0.616. The fourth-order valence-corrected chi connectivity index (χ4v) is 3.40. The zero-order chi connectivity index (χ0) is 13.1. The number of ether oxygens (including phenoxy) is 3. The summed E-state index contributed by atoms with van der Waals surface area (Å²) in [6.45, 7) is 2.31. The number of oxime groups is 1. The van der Waals surface area contributed by atoms with Crippen LogP contribution in [0.1, 0.15) is 44.9 Å². The van der Waals surface area contributed by atoms with Gasteiger partial charge < -0.3 is 19.4 Å². The Bertz CT molecular complexity index is 328. The molecule has 108 valence electrons. The van der Waals surface area contributed by atoms with Crippen LogP contribution >= 0.6 is 0 Å². The Labute approximate surface area is 113 Å². The lowest BCUT2D eigenvalue weighted by Crippen LogP contribution is -2.44. The summed E-state index contributed by atoms with van der Waals surface area (Å²) in [7, 11) is 0. The maximum absolute atomic E-state index is 8.75. The van der Waals surface area contributed by atoms with E-state index >= 15 is 0 Å². The fourth-order valence-electron chi connectivity index (χ4n) is 3.40. The smallest absolute Gasteiger partial charge is 0.0961 e. The molecule has 0 aromatic heterocycles. The zero-order valence-electron chi connectivity index (χ0n) is 11.3. The lowest BCUT2D eigenvalue weighted by molar-refractivity contribution is -0.149. The number of nitrogens with zero attached hydrogens (tertiary/aromatic N) is 1. The van der Waals surface area contributed by atoms with Crippen LogP contribution in [-0.4, -0.2) is 48.5 Å². The van der Waals surface area contributed by atoms with Gasteiger partial charge in [-0.05, 0) is 32.1 Å². The highest BCUT2D eigenvalue weighted by molar-refractivity contribution is 5.84. The van der Waals surface area contributed by atoms with Gasteiger partial charge in [0.1, 0.15) is 0 Å². The van der Waals surface area contributed by atoms with Crippen molar-refractivity contribution in [2.24, 2.45) is 5.16 Å². The van der Waals surface area contributed by atoms with Crippen LogP contribution in [0.15, 0.2) is 5.16 Å². The van der Waals surface area contributed by atoms with E-state index in [1.807, 2.05) is 0 Å². The molecular formula is C14H23NO4. The van der Waals surface area contributed by atoms with Crippen molar-refractivity contribution in [1.29, 1.82) is 0 Å². The lowest BCUT2D eigenvalue weighted by atomic mass is 9.90. The van der Waals surface area contributed by atoms with E-state index in [2.05, 4.69) is 5.16 Å². The summed E-state index contributed by atoms with van der Waals surface area (Å²) >= 11 is 0. The van der Waals surface area contributed by atoms with Crippen molar-refractivity contribution in [1.82, 2.24) is 0 Å². The van der Waals surface area contributed by atoms with Gasteiger partial charge in [-0.1, -0.05) is 5.16 Å². The van der Waals surface area contributed by atoms with E-state index in [0.29, 0.717) is 12.2 Å². The predicted molar refractivity (Wildman–Crippen MR) is 69.7 cm³/mol. The standard InChI is InChI=1S/C14H23NO4/c16-15-11-1-3-12(4-2-11)19-13-5-7-18-14(9-13)6-8-17-10-14/h12-13,16H,1-10H2. The number of hydrogen-bond donors (Lipinski definition) is 1. The number of rotatable bonds is 2. The van der Waals surface area contributed by atoms with Gasteiger partial charge >= 0.3 is 0 Å². The van der Waals surface area contributed by atoms with Gasteiger partial charge in [0, 0.05) is 26.1 Å². The fraction of sp³-hybridized carbons (Fsp3) is 0.929. The topological polar surface area (TPSA) is 60.3 Å². The molecule has 2 aliphatic heterocycles. The van der Waals surface area contributed by atoms with E-state index < -0.39 is 0 Å². The summed E-state index contributed by atoms with van der Waals surface area (Å²) in [5, 5.41) is 12.1. The van der Waals surface area contributed by atoms with Gasteiger partial charge in [-0.25, -0.2) is 0 Å². The Morgan fingerprint density at radius 1 is 1.16 bits per heavy atom. The molecular weight excluding hydrogens is 246 g/mol. The van der Waals surface area contributed by atoms with E-state index in [0.717, 1.165) is 70.5 Å². The molecule has 1 aliphatic carbocycles. The molecule has 0 amide bonds. The first-order valence-corrected chi connectivity index (χ1v) is 7.37. The average Bonchev–Trinajstić information content (AvgIpc) is 2.88. The molecule has 5 heteroatoms. The van der Waals surface area contributed by atoms with E-state index in [1.165, 1.54) is 0 Å². The third-order valence-corrected chi connectivity index (χ3v) is 4.55. The maximum atomic E-state index is 8.75. The second-order valence-electron chi connectivity index (χ2n) is 5.95. The molecule has 3 aliphatic rings. The Kier molecular flexibility index (Phi) is 4.05. The van der Waals surface area contributed by atoms with Crippen molar-refractivity contribution < 1.29 is 19.4 Å². The molecule has 3 rings (SSSR count). The Balaban J connectivity index is 1.50. The number of hydrogen-bond acceptors (Lipinski definition) is 5. The molecule has 2 unspecified atom stereocenters. The molecule has 3 fully saturated rings. The molecule has 1 saturated carbocycles. The zero-order valence-corrected chi connectivity index (χ0v) is 11.3. The van der Waals surface area contributed by atoms with E-state index in [-0.39, 0.29) is 5.60 Å². The van der Waals surface area contributed by atoms with Gasteiger partial charge in [0.2, 0.25) is 0 Å². The molecule has 5 nitrogen and oxygen atoms in total. The van der Waals surface area contributed by atoms with Crippen LogP contribution in [0.25, 0.3) is 0 Å². The predicted octanol–water partition coefficient (Wildman–Crippen LogP) is 2.11. The van der Waals surface area contributed by atoms with Gasteiger partial charge in [-0.3, -0.25) is 0 Å². The summed E-state index contributed by atoms with van der Waals surface area (Å²) in [5.41, 5.74) is 0.836. The van der Waals surface area contributed by atoms with Gasteiger partial charge in [-0.15, -0.1) is 0 Å². The van der Waals surface area contributed by atoms with Gasteiger partial charge in [0.25, 0.3) is 0 Å². The molecule has 19 heavy (non-hydrogen) atoms. The summed E-state index contributed by atoms with van der Waals surface area (Å²) in [5.74, 6) is 0.